The van der Waals surface area contributed by atoms with E-state index < -0.39 is 0 Å². The number of carbonyl (C=O) groups is 3. The Morgan fingerprint density at radius 1 is 1.26 bits per heavy atom. The van der Waals surface area contributed by atoms with Crippen LogP contribution in [-0.2, 0) is 20.8 Å². The summed E-state index contributed by atoms with van der Waals surface area (Å²) in [5, 5.41) is 6.10. The van der Waals surface area contributed by atoms with Gasteiger partial charge in [-0.25, -0.2) is 4.98 Å². The van der Waals surface area contributed by atoms with Crippen molar-refractivity contribution in [2.45, 2.75) is 25.7 Å². The normalized spacial score (nSPS) is 18.0. The average Bonchev–Trinajstić information content (AvgIpc) is 2.79. The first-order valence-corrected chi connectivity index (χ1v) is 10.6. The molecular formula is C22H23ClN4O4. The maximum atomic E-state index is 12.7. The predicted octanol–water partition coefficient (Wildman–Crippen LogP) is 2.88. The number of rotatable bonds is 5. The third-order valence-corrected chi connectivity index (χ3v) is 5.68. The van der Waals surface area contributed by atoms with Gasteiger partial charge in [0.25, 0.3) is 5.91 Å². The summed E-state index contributed by atoms with van der Waals surface area (Å²) in [4.78, 5) is 42.4. The molecule has 0 radical (unpaired) electrons. The molecule has 1 atom stereocenters. The van der Waals surface area contributed by atoms with Gasteiger partial charge in [0.05, 0.1) is 10.9 Å². The van der Waals surface area contributed by atoms with Gasteiger partial charge in [0, 0.05) is 31.4 Å². The number of anilines is 2. The van der Waals surface area contributed by atoms with E-state index in [0.29, 0.717) is 48.9 Å². The van der Waals surface area contributed by atoms with Crippen LogP contribution in [0, 0.1) is 5.92 Å². The number of fused-ring (bicyclic) bond motifs is 1. The Labute approximate surface area is 184 Å². The third kappa shape index (κ3) is 5.32. The minimum absolute atomic E-state index is 0.00637. The number of likely N-dealkylation sites (tertiary alicyclic amines) is 1. The van der Waals surface area contributed by atoms with Crippen molar-refractivity contribution in [1.29, 1.82) is 0 Å². The number of carbonyl (C=O) groups excluding carboxylic acids is 3. The molecule has 8 nitrogen and oxygen atoms in total. The molecule has 3 amide bonds. The molecule has 162 valence electrons. The number of benzene rings is 1. The van der Waals surface area contributed by atoms with Crippen molar-refractivity contribution in [2.24, 2.45) is 5.92 Å². The zero-order valence-corrected chi connectivity index (χ0v) is 17.7. The van der Waals surface area contributed by atoms with Crippen LogP contribution in [0.25, 0.3) is 0 Å². The standard InChI is InChI=1S/C22H23ClN4O4/c23-16-4-7-19(24-11-16)26-22(30)15-2-1-9-27(12-15)21(29)13-31-17-5-6-18-14(10-17)3-8-20(28)25-18/h4-7,10-11,15H,1-3,8-9,12-13H2,(H,25,28)(H,24,26,30). The first-order valence-electron chi connectivity index (χ1n) is 10.2. The molecule has 1 aromatic carbocycles. The summed E-state index contributed by atoms with van der Waals surface area (Å²) in [7, 11) is 0. The molecule has 1 saturated heterocycles. The molecule has 9 heteroatoms. The Kier molecular flexibility index (Phi) is 6.36. The van der Waals surface area contributed by atoms with E-state index in [1.165, 1.54) is 6.20 Å². The van der Waals surface area contributed by atoms with E-state index >= 15 is 0 Å². The molecule has 0 bridgehead atoms. The third-order valence-electron chi connectivity index (χ3n) is 5.46. The van der Waals surface area contributed by atoms with Crippen LogP contribution >= 0.6 is 11.6 Å². The SMILES string of the molecule is O=C1CCc2cc(OCC(=O)N3CCCC(C(=O)Nc4ccc(Cl)cn4)C3)ccc2N1. The van der Waals surface area contributed by atoms with Gasteiger partial charge in [0.1, 0.15) is 11.6 Å². The number of halogens is 1. The van der Waals surface area contributed by atoms with Gasteiger partial charge in [0.15, 0.2) is 6.61 Å². The first kappa shape index (κ1) is 21.1. The number of pyridine rings is 1. The summed E-state index contributed by atoms with van der Waals surface area (Å²) in [6.45, 7) is 0.845. The Hall–Kier alpha value is -3.13. The highest BCUT2D eigenvalue weighted by Gasteiger charge is 2.29. The van der Waals surface area contributed by atoms with E-state index in [1.54, 1.807) is 29.2 Å². The van der Waals surface area contributed by atoms with Crippen LogP contribution in [0.5, 0.6) is 5.75 Å². The van der Waals surface area contributed by atoms with Crippen LogP contribution in [0.1, 0.15) is 24.8 Å². The molecule has 2 aliphatic heterocycles. The van der Waals surface area contributed by atoms with E-state index in [-0.39, 0.29) is 30.2 Å². The van der Waals surface area contributed by atoms with Crippen molar-refractivity contribution in [3.05, 3.63) is 47.1 Å². The molecule has 31 heavy (non-hydrogen) atoms. The number of ether oxygens (including phenoxy) is 1. The smallest absolute Gasteiger partial charge is 0.260 e. The van der Waals surface area contributed by atoms with E-state index in [4.69, 9.17) is 16.3 Å². The molecule has 2 N–H and O–H groups in total. The number of nitrogens with one attached hydrogen (secondary N) is 2. The molecule has 3 heterocycles. The van der Waals surface area contributed by atoms with Crippen LogP contribution in [0.2, 0.25) is 5.02 Å². The highest BCUT2D eigenvalue weighted by molar-refractivity contribution is 6.30. The second-order valence-corrected chi connectivity index (χ2v) is 8.12. The zero-order chi connectivity index (χ0) is 21.8. The van der Waals surface area contributed by atoms with Gasteiger partial charge in [0.2, 0.25) is 11.8 Å². The maximum absolute atomic E-state index is 12.7. The van der Waals surface area contributed by atoms with Gasteiger partial charge >= 0.3 is 0 Å². The summed E-state index contributed by atoms with van der Waals surface area (Å²) < 4.78 is 5.69. The summed E-state index contributed by atoms with van der Waals surface area (Å²) in [6.07, 6.45) is 4.02. The summed E-state index contributed by atoms with van der Waals surface area (Å²) in [6, 6.07) is 8.69. The lowest BCUT2D eigenvalue weighted by Gasteiger charge is -2.32. The fourth-order valence-electron chi connectivity index (χ4n) is 3.78. The lowest BCUT2D eigenvalue weighted by Crippen LogP contribution is -2.45. The zero-order valence-electron chi connectivity index (χ0n) is 16.9. The van der Waals surface area contributed by atoms with Crippen LogP contribution < -0.4 is 15.4 Å². The van der Waals surface area contributed by atoms with Crippen LogP contribution in [-0.4, -0.2) is 47.3 Å². The van der Waals surface area contributed by atoms with Crippen molar-refractivity contribution in [3.63, 3.8) is 0 Å². The molecule has 1 aromatic heterocycles. The van der Waals surface area contributed by atoms with Crippen LogP contribution in [0.15, 0.2) is 36.5 Å². The Morgan fingerprint density at radius 3 is 2.94 bits per heavy atom. The largest absolute Gasteiger partial charge is 0.484 e. The number of aryl methyl sites for hydroxylation is 1. The van der Waals surface area contributed by atoms with Gasteiger partial charge in [-0.15, -0.1) is 0 Å². The minimum atomic E-state index is -0.303. The van der Waals surface area contributed by atoms with E-state index in [1.807, 2.05) is 6.07 Å². The van der Waals surface area contributed by atoms with Crippen LogP contribution in [0.4, 0.5) is 11.5 Å². The molecular weight excluding hydrogens is 420 g/mol. The molecule has 0 aliphatic carbocycles. The average molecular weight is 443 g/mol. The van der Waals surface area contributed by atoms with Crippen molar-refractivity contribution in [2.75, 3.05) is 30.3 Å². The van der Waals surface area contributed by atoms with Crippen LogP contribution in [0.3, 0.4) is 0 Å². The van der Waals surface area contributed by atoms with Crippen molar-refractivity contribution in [3.8, 4) is 5.75 Å². The lowest BCUT2D eigenvalue weighted by molar-refractivity contribution is -0.136. The number of aromatic nitrogens is 1. The predicted molar refractivity (Wildman–Crippen MR) is 116 cm³/mol. The molecule has 2 aliphatic rings. The van der Waals surface area contributed by atoms with Gasteiger partial charge in [-0.05, 0) is 55.2 Å². The van der Waals surface area contributed by atoms with E-state index in [9.17, 15) is 14.4 Å². The van der Waals surface area contributed by atoms with E-state index in [0.717, 1.165) is 17.7 Å². The van der Waals surface area contributed by atoms with E-state index in [2.05, 4.69) is 15.6 Å². The summed E-state index contributed by atoms with van der Waals surface area (Å²) in [5.41, 5.74) is 1.78. The quantitative estimate of drug-likeness (QED) is 0.741. The van der Waals surface area contributed by atoms with Gasteiger partial charge in [-0.3, -0.25) is 14.4 Å². The summed E-state index contributed by atoms with van der Waals surface area (Å²) >= 11 is 5.82. The lowest BCUT2D eigenvalue weighted by atomic mass is 9.97. The second-order valence-electron chi connectivity index (χ2n) is 7.69. The van der Waals surface area contributed by atoms with Crippen molar-refractivity contribution >= 4 is 40.8 Å². The van der Waals surface area contributed by atoms with Gasteiger partial charge < -0.3 is 20.3 Å². The highest BCUT2D eigenvalue weighted by Crippen LogP contribution is 2.27. The van der Waals surface area contributed by atoms with Gasteiger partial charge in [-0.1, -0.05) is 11.6 Å². The Bertz CT molecular complexity index is 996. The van der Waals surface area contributed by atoms with Gasteiger partial charge in [-0.2, -0.15) is 0 Å². The number of amides is 3. The fourth-order valence-corrected chi connectivity index (χ4v) is 3.89. The monoisotopic (exact) mass is 442 g/mol. The minimum Gasteiger partial charge on any atom is -0.484 e. The number of hydrogen-bond donors (Lipinski definition) is 2. The molecule has 1 fully saturated rings. The molecule has 0 spiro atoms. The highest BCUT2D eigenvalue weighted by atomic mass is 35.5. The van der Waals surface area contributed by atoms with Crippen molar-refractivity contribution < 1.29 is 19.1 Å². The Balaban J connectivity index is 1.30. The topological polar surface area (TPSA) is 101 Å². The number of piperidine rings is 1. The molecule has 4 rings (SSSR count). The fraction of sp³-hybridized carbons (Fsp3) is 0.364. The number of nitrogens with zero attached hydrogens (tertiary/aromatic N) is 2. The molecule has 2 aromatic rings. The maximum Gasteiger partial charge on any atom is 0.260 e. The molecule has 1 unspecified atom stereocenters. The van der Waals surface area contributed by atoms with Crippen molar-refractivity contribution in [1.82, 2.24) is 9.88 Å². The second kappa shape index (κ2) is 9.34. The molecule has 0 saturated carbocycles. The number of hydrogen-bond acceptors (Lipinski definition) is 5. The first-order chi connectivity index (χ1) is 15.0. The summed E-state index contributed by atoms with van der Waals surface area (Å²) in [5.74, 6) is 0.403. The Morgan fingerprint density at radius 2 is 2.13 bits per heavy atom.